The normalized spacial score (nSPS) is 11.2. The summed E-state index contributed by atoms with van der Waals surface area (Å²) in [6, 6.07) is 2.15. The summed E-state index contributed by atoms with van der Waals surface area (Å²) >= 11 is 0. The van der Waals surface area contributed by atoms with Gasteiger partial charge in [-0.25, -0.2) is 8.78 Å². The average Bonchev–Trinajstić information content (AvgIpc) is 2.12. The first-order chi connectivity index (χ1) is 7.41. The van der Waals surface area contributed by atoms with Crippen LogP contribution in [-0.4, -0.2) is 6.61 Å². The van der Waals surface area contributed by atoms with Crippen LogP contribution in [0.4, 0.5) is 8.78 Å². The van der Waals surface area contributed by atoms with Gasteiger partial charge in [0.15, 0.2) is 0 Å². The van der Waals surface area contributed by atoms with Gasteiger partial charge in [-0.05, 0) is 11.8 Å². The van der Waals surface area contributed by atoms with Crippen molar-refractivity contribution in [1.82, 2.24) is 0 Å². The van der Waals surface area contributed by atoms with Gasteiger partial charge in [0.2, 0.25) is 0 Å². The highest BCUT2D eigenvalue weighted by Gasteiger charge is 2.15. The van der Waals surface area contributed by atoms with Crippen molar-refractivity contribution < 1.29 is 13.5 Å². The van der Waals surface area contributed by atoms with Crippen LogP contribution in [0.1, 0.15) is 39.2 Å². The van der Waals surface area contributed by atoms with Crippen molar-refractivity contribution >= 4 is 0 Å². The zero-order valence-electron chi connectivity index (χ0n) is 10.2. The molecule has 0 bridgehead atoms. The second kappa shape index (κ2) is 5.28. The SMILES string of the molecule is CC(C)COc1cc(F)cc(F)c1C(C)C. The van der Waals surface area contributed by atoms with E-state index in [0.717, 1.165) is 6.07 Å². The van der Waals surface area contributed by atoms with Crippen molar-refractivity contribution in [3.8, 4) is 5.75 Å². The quantitative estimate of drug-likeness (QED) is 0.753. The Hall–Kier alpha value is -1.12. The molecule has 3 heteroatoms. The molecule has 1 nitrogen and oxygen atoms in total. The van der Waals surface area contributed by atoms with Crippen molar-refractivity contribution in [2.24, 2.45) is 5.92 Å². The summed E-state index contributed by atoms with van der Waals surface area (Å²) in [6.45, 7) is 8.16. The molecule has 1 aromatic carbocycles. The summed E-state index contributed by atoms with van der Waals surface area (Å²) in [5.74, 6) is -0.510. The molecule has 0 heterocycles. The second-order valence-electron chi connectivity index (χ2n) is 4.66. The minimum atomic E-state index is -0.597. The Morgan fingerprint density at radius 2 is 1.75 bits per heavy atom. The molecule has 0 aliphatic carbocycles. The fraction of sp³-hybridized carbons (Fsp3) is 0.538. The Morgan fingerprint density at radius 1 is 1.12 bits per heavy atom. The maximum Gasteiger partial charge on any atom is 0.133 e. The van der Waals surface area contributed by atoms with Gasteiger partial charge < -0.3 is 4.74 Å². The van der Waals surface area contributed by atoms with E-state index in [4.69, 9.17) is 4.74 Å². The summed E-state index contributed by atoms with van der Waals surface area (Å²) in [5, 5.41) is 0. The number of hydrogen-bond acceptors (Lipinski definition) is 1. The third-order valence-electron chi connectivity index (χ3n) is 2.21. The Labute approximate surface area is 95.4 Å². The van der Waals surface area contributed by atoms with Gasteiger partial charge in [0.25, 0.3) is 0 Å². The van der Waals surface area contributed by atoms with Crippen molar-refractivity contribution in [2.45, 2.75) is 33.6 Å². The van der Waals surface area contributed by atoms with E-state index in [1.807, 2.05) is 27.7 Å². The largest absolute Gasteiger partial charge is 0.493 e. The van der Waals surface area contributed by atoms with Gasteiger partial charge in [-0.3, -0.25) is 0 Å². The smallest absolute Gasteiger partial charge is 0.133 e. The van der Waals surface area contributed by atoms with Crippen LogP contribution in [-0.2, 0) is 0 Å². The first-order valence-corrected chi connectivity index (χ1v) is 5.53. The first-order valence-electron chi connectivity index (χ1n) is 5.53. The summed E-state index contributed by atoms with van der Waals surface area (Å²) in [7, 11) is 0. The van der Waals surface area contributed by atoms with Crippen LogP contribution >= 0.6 is 0 Å². The zero-order valence-corrected chi connectivity index (χ0v) is 10.2. The van der Waals surface area contributed by atoms with Crippen LogP contribution < -0.4 is 4.74 Å². The van der Waals surface area contributed by atoms with E-state index in [1.165, 1.54) is 6.07 Å². The highest BCUT2D eigenvalue weighted by molar-refractivity contribution is 5.37. The zero-order chi connectivity index (χ0) is 12.3. The second-order valence-corrected chi connectivity index (χ2v) is 4.66. The molecule has 0 saturated carbocycles. The van der Waals surface area contributed by atoms with Gasteiger partial charge in [0.1, 0.15) is 17.4 Å². The third-order valence-corrected chi connectivity index (χ3v) is 2.21. The van der Waals surface area contributed by atoms with E-state index in [9.17, 15) is 8.78 Å². The lowest BCUT2D eigenvalue weighted by atomic mass is 10.0. The Balaban J connectivity index is 3.04. The van der Waals surface area contributed by atoms with Gasteiger partial charge in [-0.2, -0.15) is 0 Å². The van der Waals surface area contributed by atoms with Crippen molar-refractivity contribution in [1.29, 1.82) is 0 Å². The van der Waals surface area contributed by atoms with Crippen molar-refractivity contribution in [3.63, 3.8) is 0 Å². The molecule has 16 heavy (non-hydrogen) atoms. The molecule has 1 rings (SSSR count). The lowest BCUT2D eigenvalue weighted by Gasteiger charge is -2.16. The van der Waals surface area contributed by atoms with Gasteiger partial charge in [-0.1, -0.05) is 27.7 Å². The predicted molar refractivity (Wildman–Crippen MR) is 60.8 cm³/mol. The number of benzene rings is 1. The standard InChI is InChI=1S/C13H18F2O/c1-8(2)7-16-12-6-10(14)5-11(15)13(12)9(3)4/h5-6,8-9H,7H2,1-4H3. The van der Waals surface area contributed by atoms with E-state index in [2.05, 4.69) is 0 Å². The minimum absolute atomic E-state index is 0.0252. The van der Waals surface area contributed by atoms with E-state index in [0.29, 0.717) is 23.8 Å². The van der Waals surface area contributed by atoms with Crippen LogP contribution in [0.25, 0.3) is 0 Å². The molecule has 0 amide bonds. The van der Waals surface area contributed by atoms with Crippen LogP contribution in [0.15, 0.2) is 12.1 Å². The highest BCUT2D eigenvalue weighted by Crippen LogP contribution is 2.30. The average molecular weight is 228 g/mol. The number of halogens is 2. The topological polar surface area (TPSA) is 9.23 Å². The lowest BCUT2D eigenvalue weighted by molar-refractivity contribution is 0.264. The molecule has 1 aromatic rings. The summed E-state index contributed by atoms with van der Waals surface area (Å²) in [6.07, 6.45) is 0. The van der Waals surface area contributed by atoms with Crippen LogP contribution in [0.5, 0.6) is 5.75 Å². The number of hydrogen-bond donors (Lipinski definition) is 0. The molecule has 0 atom stereocenters. The first kappa shape index (κ1) is 12.9. The fourth-order valence-corrected chi connectivity index (χ4v) is 1.50. The minimum Gasteiger partial charge on any atom is -0.493 e. The molecule has 0 aliphatic rings. The van der Waals surface area contributed by atoms with E-state index < -0.39 is 11.6 Å². The van der Waals surface area contributed by atoms with Crippen LogP contribution in [0, 0.1) is 17.6 Å². The molecule has 0 spiro atoms. The third kappa shape index (κ3) is 3.19. The molecule has 90 valence electrons. The summed E-state index contributed by atoms with van der Waals surface area (Å²) in [5.41, 5.74) is 0.446. The highest BCUT2D eigenvalue weighted by atomic mass is 19.1. The van der Waals surface area contributed by atoms with Gasteiger partial charge in [0.05, 0.1) is 6.61 Å². The molecular formula is C13H18F2O. The molecule has 0 radical (unpaired) electrons. The molecule has 0 unspecified atom stereocenters. The number of rotatable bonds is 4. The molecular weight excluding hydrogens is 210 g/mol. The van der Waals surface area contributed by atoms with E-state index in [-0.39, 0.29) is 5.92 Å². The van der Waals surface area contributed by atoms with Gasteiger partial charge >= 0.3 is 0 Å². The van der Waals surface area contributed by atoms with Gasteiger partial charge in [-0.15, -0.1) is 0 Å². The number of ether oxygens (including phenoxy) is 1. The van der Waals surface area contributed by atoms with E-state index >= 15 is 0 Å². The molecule has 0 N–H and O–H groups in total. The van der Waals surface area contributed by atoms with Crippen LogP contribution in [0.2, 0.25) is 0 Å². The maximum atomic E-state index is 13.6. The van der Waals surface area contributed by atoms with E-state index in [1.54, 1.807) is 0 Å². The Morgan fingerprint density at radius 3 is 2.25 bits per heavy atom. The Kier molecular flexibility index (Phi) is 4.27. The Bertz CT molecular complexity index is 359. The molecule has 0 saturated heterocycles. The molecule has 0 fully saturated rings. The van der Waals surface area contributed by atoms with Crippen molar-refractivity contribution in [3.05, 3.63) is 29.3 Å². The summed E-state index contributed by atoms with van der Waals surface area (Å²) in [4.78, 5) is 0. The monoisotopic (exact) mass is 228 g/mol. The lowest BCUT2D eigenvalue weighted by Crippen LogP contribution is -2.08. The molecule has 0 aliphatic heterocycles. The van der Waals surface area contributed by atoms with Crippen molar-refractivity contribution in [2.75, 3.05) is 6.61 Å². The molecule has 0 aromatic heterocycles. The van der Waals surface area contributed by atoms with Gasteiger partial charge in [0, 0.05) is 17.7 Å². The summed E-state index contributed by atoms with van der Waals surface area (Å²) < 4.78 is 32.1. The predicted octanol–water partition coefficient (Wildman–Crippen LogP) is 4.12. The van der Waals surface area contributed by atoms with Crippen LogP contribution in [0.3, 0.4) is 0 Å². The maximum absolute atomic E-state index is 13.6. The fourth-order valence-electron chi connectivity index (χ4n) is 1.50.